The molecule has 3 aromatic carbocycles. The standard InChI is InChI=1S/C26H16N4O2/c1-3-9-17(10-4-1)21-15-27-25(31-21)23-24(30-20-14-8-7-13-19(20)29-23)26-28-16-22(32-26)18-11-5-2-6-12-18/h1-16H. The fraction of sp³-hybridized carbons (Fsp3) is 0. The minimum absolute atomic E-state index is 0.358. The van der Waals surface area contributed by atoms with Gasteiger partial charge in [-0.25, -0.2) is 19.9 Å². The van der Waals surface area contributed by atoms with Crippen LogP contribution >= 0.6 is 0 Å². The van der Waals surface area contributed by atoms with Gasteiger partial charge in [-0.15, -0.1) is 0 Å². The van der Waals surface area contributed by atoms with E-state index in [1.165, 1.54) is 0 Å². The molecule has 0 spiro atoms. The van der Waals surface area contributed by atoms with Gasteiger partial charge in [-0.1, -0.05) is 72.8 Å². The maximum atomic E-state index is 6.08. The van der Waals surface area contributed by atoms with Gasteiger partial charge < -0.3 is 8.83 Å². The van der Waals surface area contributed by atoms with Crippen LogP contribution in [-0.4, -0.2) is 19.9 Å². The van der Waals surface area contributed by atoms with Crippen LogP contribution in [-0.2, 0) is 0 Å². The Morgan fingerprint density at radius 2 is 0.875 bits per heavy atom. The molecule has 0 atom stereocenters. The maximum Gasteiger partial charge on any atom is 0.248 e. The van der Waals surface area contributed by atoms with Gasteiger partial charge in [-0.3, -0.25) is 0 Å². The minimum Gasteiger partial charge on any atom is -0.435 e. The van der Waals surface area contributed by atoms with Gasteiger partial charge in [0.25, 0.3) is 0 Å². The SMILES string of the molecule is c1ccc(-c2cnc(-c3nc4ccccc4nc3-c3ncc(-c4ccccc4)o3)o2)cc1. The quantitative estimate of drug-likeness (QED) is 0.337. The van der Waals surface area contributed by atoms with Gasteiger partial charge in [-0.05, 0) is 12.1 Å². The number of aromatic nitrogens is 4. The largest absolute Gasteiger partial charge is 0.435 e. The third-order valence-corrected chi connectivity index (χ3v) is 5.10. The van der Waals surface area contributed by atoms with E-state index in [1.54, 1.807) is 12.4 Å². The highest BCUT2D eigenvalue weighted by molar-refractivity contribution is 5.82. The molecule has 0 N–H and O–H groups in total. The van der Waals surface area contributed by atoms with Crippen LogP contribution in [0.5, 0.6) is 0 Å². The summed E-state index contributed by atoms with van der Waals surface area (Å²) in [6.07, 6.45) is 3.38. The van der Waals surface area contributed by atoms with Gasteiger partial charge in [0.05, 0.1) is 23.4 Å². The lowest BCUT2D eigenvalue weighted by Gasteiger charge is -2.05. The summed E-state index contributed by atoms with van der Waals surface area (Å²) >= 11 is 0. The molecular formula is C26H16N4O2. The van der Waals surface area contributed by atoms with E-state index in [2.05, 4.69) is 9.97 Å². The smallest absolute Gasteiger partial charge is 0.248 e. The Kier molecular flexibility index (Phi) is 4.32. The van der Waals surface area contributed by atoms with Crippen LogP contribution in [0.15, 0.2) is 106 Å². The molecule has 0 aliphatic heterocycles. The Balaban J connectivity index is 1.51. The molecule has 0 saturated heterocycles. The van der Waals surface area contributed by atoms with Crippen molar-refractivity contribution in [1.29, 1.82) is 0 Å². The molecule has 6 heteroatoms. The second-order valence-electron chi connectivity index (χ2n) is 7.20. The van der Waals surface area contributed by atoms with E-state index in [1.807, 2.05) is 84.9 Å². The fourth-order valence-corrected chi connectivity index (χ4v) is 3.54. The highest BCUT2D eigenvalue weighted by Gasteiger charge is 2.22. The van der Waals surface area contributed by atoms with Crippen molar-refractivity contribution < 1.29 is 8.83 Å². The van der Waals surface area contributed by atoms with Crippen molar-refractivity contribution in [2.75, 3.05) is 0 Å². The molecular weight excluding hydrogens is 400 g/mol. The molecule has 0 saturated carbocycles. The molecule has 0 bridgehead atoms. The van der Waals surface area contributed by atoms with Gasteiger partial charge in [0.2, 0.25) is 11.8 Å². The lowest BCUT2D eigenvalue weighted by molar-refractivity contribution is 0.577. The molecule has 6 nitrogen and oxygen atoms in total. The first kappa shape index (κ1) is 18.2. The molecule has 152 valence electrons. The minimum atomic E-state index is 0.358. The third-order valence-electron chi connectivity index (χ3n) is 5.10. The maximum absolute atomic E-state index is 6.08. The Morgan fingerprint density at radius 1 is 0.469 bits per heavy atom. The number of fused-ring (bicyclic) bond motifs is 1. The Morgan fingerprint density at radius 3 is 1.31 bits per heavy atom. The number of oxazole rings is 2. The van der Waals surface area contributed by atoms with E-state index in [0.717, 1.165) is 22.2 Å². The van der Waals surface area contributed by atoms with Crippen LogP contribution in [0.4, 0.5) is 0 Å². The number of benzene rings is 3. The van der Waals surface area contributed by atoms with Gasteiger partial charge >= 0.3 is 0 Å². The zero-order chi connectivity index (χ0) is 21.3. The normalized spacial score (nSPS) is 11.1. The van der Waals surface area contributed by atoms with Gasteiger partial charge in [0, 0.05) is 11.1 Å². The number of hydrogen-bond acceptors (Lipinski definition) is 6. The topological polar surface area (TPSA) is 77.8 Å². The van der Waals surface area contributed by atoms with Crippen LogP contribution < -0.4 is 0 Å². The van der Waals surface area contributed by atoms with Crippen LogP contribution in [0.1, 0.15) is 0 Å². The van der Waals surface area contributed by atoms with E-state index in [-0.39, 0.29) is 0 Å². The van der Waals surface area contributed by atoms with Crippen LogP contribution in [0.3, 0.4) is 0 Å². The lowest BCUT2D eigenvalue weighted by atomic mass is 10.2. The molecule has 3 heterocycles. The highest BCUT2D eigenvalue weighted by atomic mass is 16.4. The summed E-state index contributed by atoms with van der Waals surface area (Å²) in [6, 6.07) is 27.3. The zero-order valence-corrected chi connectivity index (χ0v) is 16.8. The molecule has 6 aromatic rings. The average Bonchev–Trinajstić information content (AvgIpc) is 3.55. The molecule has 0 unspecified atom stereocenters. The second kappa shape index (κ2) is 7.59. The van der Waals surface area contributed by atoms with Gasteiger partial charge in [0.15, 0.2) is 22.9 Å². The fourth-order valence-electron chi connectivity index (χ4n) is 3.54. The third kappa shape index (κ3) is 3.24. The highest BCUT2D eigenvalue weighted by Crippen LogP contribution is 2.34. The van der Waals surface area contributed by atoms with Crippen molar-refractivity contribution in [2.45, 2.75) is 0 Å². The van der Waals surface area contributed by atoms with Gasteiger partial charge in [0.1, 0.15) is 0 Å². The monoisotopic (exact) mass is 416 g/mol. The summed E-state index contributed by atoms with van der Waals surface area (Å²) in [5.74, 6) is 2.02. The van der Waals surface area contributed by atoms with E-state index in [0.29, 0.717) is 34.7 Å². The number of rotatable bonds is 4. The predicted molar refractivity (Wildman–Crippen MR) is 121 cm³/mol. The summed E-state index contributed by atoms with van der Waals surface area (Å²) in [7, 11) is 0. The molecule has 0 fully saturated rings. The van der Waals surface area contributed by atoms with Crippen LogP contribution in [0, 0.1) is 0 Å². The van der Waals surface area contributed by atoms with Crippen LogP contribution in [0.25, 0.3) is 56.9 Å². The van der Waals surface area contributed by atoms with Crippen molar-refractivity contribution in [3.05, 3.63) is 97.3 Å². The molecule has 32 heavy (non-hydrogen) atoms. The summed E-state index contributed by atoms with van der Waals surface area (Å²) in [5.41, 5.74) is 4.30. The molecule has 0 amide bonds. The molecule has 3 aromatic heterocycles. The first-order valence-electron chi connectivity index (χ1n) is 10.2. The van der Waals surface area contributed by atoms with E-state index in [9.17, 15) is 0 Å². The van der Waals surface area contributed by atoms with E-state index < -0.39 is 0 Å². The van der Waals surface area contributed by atoms with Gasteiger partial charge in [-0.2, -0.15) is 0 Å². The first-order chi connectivity index (χ1) is 15.8. The Bertz CT molecular complexity index is 1410. The van der Waals surface area contributed by atoms with Crippen molar-refractivity contribution in [1.82, 2.24) is 19.9 Å². The first-order valence-corrected chi connectivity index (χ1v) is 10.2. The summed E-state index contributed by atoms with van der Waals surface area (Å²) < 4.78 is 12.2. The summed E-state index contributed by atoms with van der Waals surface area (Å²) in [6.45, 7) is 0. The lowest BCUT2D eigenvalue weighted by Crippen LogP contribution is -1.95. The van der Waals surface area contributed by atoms with E-state index in [4.69, 9.17) is 18.8 Å². The number of hydrogen-bond donors (Lipinski definition) is 0. The summed E-state index contributed by atoms with van der Waals surface area (Å²) in [5, 5.41) is 0. The Hall–Kier alpha value is -4.58. The van der Waals surface area contributed by atoms with Crippen LogP contribution in [0.2, 0.25) is 0 Å². The van der Waals surface area contributed by atoms with Crippen molar-refractivity contribution >= 4 is 11.0 Å². The van der Waals surface area contributed by atoms with Crippen molar-refractivity contribution in [2.24, 2.45) is 0 Å². The molecule has 0 radical (unpaired) electrons. The Labute approximate surface area is 183 Å². The summed E-state index contributed by atoms with van der Waals surface area (Å²) in [4.78, 5) is 18.5. The van der Waals surface area contributed by atoms with E-state index >= 15 is 0 Å². The molecule has 0 aliphatic carbocycles. The number of para-hydroxylation sites is 2. The molecule has 6 rings (SSSR count). The second-order valence-corrected chi connectivity index (χ2v) is 7.20. The van der Waals surface area contributed by atoms with Crippen molar-refractivity contribution in [3.8, 4) is 45.8 Å². The van der Waals surface area contributed by atoms with Crippen molar-refractivity contribution in [3.63, 3.8) is 0 Å². The molecule has 0 aliphatic rings. The zero-order valence-electron chi connectivity index (χ0n) is 16.8. The number of nitrogens with zero attached hydrogens (tertiary/aromatic N) is 4. The average molecular weight is 416 g/mol. The predicted octanol–water partition coefficient (Wildman–Crippen LogP) is 6.27.